The molecule has 1 N–H and O–H groups in total. The summed E-state index contributed by atoms with van der Waals surface area (Å²) in [5.74, 6) is 0. The minimum Gasteiger partial charge on any atom is -0.314 e. The molecule has 1 fully saturated rings. The Hall–Kier alpha value is -2.60. The van der Waals surface area contributed by atoms with Gasteiger partial charge in [-0.2, -0.15) is 0 Å². The average molecular weight is 468 g/mol. The Labute approximate surface area is 209 Å². The van der Waals surface area contributed by atoms with Crippen molar-refractivity contribution in [2.75, 3.05) is 39.3 Å². The Balaban J connectivity index is 1.22. The molecule has 2 aliphatic carbocycles. The summed E-state index contributed by atoms with van der Waals surface area (Å²) >= 11 is 0. The van der Waals surface area contributed by atoms with Gasteiger partial charge in [-0.05, 0) is 85.1 Å². The molecular formula is C30H37N5. The van der Waals surface area contributed by atoms with Crippen LogP contribution in [0, 0.1) is 0 Å². The van der Waals surface area contributed by atoms with E-state index in [4.69, 9.17) is 9.97 Å². The number of hydrogen-bond donors (Lipinski definition) is 1. The van der Waals surface area contributed by atoms with E-state index in [1.165, 1.54) is 84.5 Å². The zero-order chi connectivity index (χ0) is 23.5. The summed E-state index contributed by atoms with van der Waals surface area (Å²) in [5, 5.41) is 3.47. The second-order valence-corrected chi connectivity index (χ2v) is 10.3. The molecule has 0 amide bonds. The van der Waals surface area contributed by atoms with E-state index < -0.39 is 0 Å². The molecule has 3 aromatic rings. The molecule has 1 aliphatic heterocycles. The topological polar surface area (TPSA) is 44.3 Å². The van der Waals surface area contributed by atoms with Gasteiger partial charge in [0.15, 0.2) is 0 Å². The molecule has 0 radical (unpaired) electrons. The molecule has 35 heavy (non-hydrogen) atoms. The lowest BCUT2D eigenvalue weighted by molar-refractivity contribution is 0.155. The molecule has 3 aliphatic rings. The van der Waals surface area contributed by atoms with E-state index >= 15 is 0 Å². The second kappa shape index (κ2) is 10.6. The van der Waals surface area contributed by atoms with Crippen LogP contribution in [0.15, 0.2) is 54.9 Å². The number of hydrogen-bond acceptors (Lipinski definition) is 5. The van der Waals surface area contributed by atoms with Crippen molar-refractivity contribution in [3.63, 3.8) is 0 Å². The maximum atomic E-state index is 4.95. The summed E-state index contributed by atoms with van der Waals surface area (Å²) in [6.07, 6.45) is 11.1. The molecule has 0 spiro atoms. The van der Waals surface area contributed by atoms with Gasteiger partial charge < -0.3 is 10.2 Å². The maximum Gasteiger partial charge on any atom is 0.0607 e. The summed E-state index contributed by atoms with van der Waals surface area (Å²) in [6.45, 7) is 7.85. The Kier molecular flexibility index (Phi) is 6.90. The van der Waals surface area contributed by atoms with Crippen LogP contribution in [-0.2, 0) is 19.4 Å². The van der Waals surface area contributed by atoms with Crippen LogP contribution in [0.5, 0.6) is 0 Å². The monoisotopic (exact) mass is 467 g/mol. The standard InChI is InChI=1S/C30H37N5/c1-2-10-25-24(7-1)21-27-26(25)12-14-32-28(27)22-35(18-4-3-17-34-19-15-31-16-20-34)29-11-5-8-23-9-6-13-33-30(23)29/h1-2,6-7,9-10,12-14,29,31H,3-5,8,11,15-22H2. The van der Waals surface area contributed by atoms with Crippen molar-refractivity contribution in [3.05, 3.63) is 82.9 Å². The van der Waals surface area contributed by atoms with Crippen molar-refractivity contribution in [2.45, 2.75) is 51.1 Å². The highest BCUT2D eigenvalue weighted by Gasteiger charge is 2.29. The van der Waals surface area contributed by atoms with Gasteiger partial charge in [0.2, 0.25) is 0 Å². The zero-order valence-electron chi connectivity index (χ0n) is 20.8. The van der Waals surface area contributed by atoms with E-state index in [-0.39, 0.29) is 0 Å². The number of fused-ring (bicyclic) bond motifs is 4. The summed E-state index contributed by atoms with van der Waals surface area (Å²) in [7, 11) is 0. The van der Waals surface area contributed by atoms with Crippen molar-refractivity contribution >= 4 is 0 Å². The van der Waals surface area contributed by atoms with Crippen LogP contribution >= 0.6 is 0 Å². The molecule has 6 rings (SSSR count). The van der Waals surface area contributed by atoms with Gasteiger partial charge in [-0.1, -0.05) is 30.3 Å². The summed E-state index contributed by atoms with van der Waals surface area (Å²) in [4.78, 5) is 15.2. The van der Waals surface area contributed by atoms with Gasteiger partial charge in [-0.15, -0.1) is 0 Å². The lowest BCUT2D eigenvalue weighted by atomic mass is 9.90. The van der Waals surface area contributed by atoms with Crippen LogP contribution in [0.1, 0.15) is 59.8 Å². The molecule has 1 atom stereocenters. The number of aromatic nitrogens is 2. The van der Waals surface area contributed by atoms with E-state index in [1.54, 1.807) is 0 Å². The number of unbranched alkanes of at least 4 members (excludes halogenated alkanes) is 1. The van der Waals surface area contributed by atoms with Crippen molar-refractivity contribution in [3.8, 4) is 11.1 Å². The zero-order valence-corrected chi connectivity index (χ0v) is 20.8. The fourth-order valence-electron chi connectivity index (χ4n) is 6.31. The van der Waals surface area contributed by atoms with Crippen molar-refractivity contribution < 1.29 is 0 Å². The van der Waals surface area contributed by atoms with Crippen molar-refractivity contribution in [1.82, 2.24) is 25.1 Å². The third kappa shape index (κ3) is 4.90. The molecule has 182 valence electrons. The Morgan fingerprint density at radius 3 is 2.74 bits per heavy atom. The number of nitrogens with zero attached hydrogens (tertiary/aromatic N) is 4. The van der Waals surface area contributed by atoms with Gasteiger partial charge in [0, 0.05) is 51.5 Å². The van der Waals surface area contributed by atoms with Crippen LogP contribution < -0.4 is 5.32 Å². The average Bonchev–Trinajstić information content (AvgIpc) is 3.30. The number of aryl methyl sites for hydroxylation is 1. The van der Waals surface area contributed by atoms with E-state index in [0.29, 0.717) is 6.04 Å². The van der Waals surface area contributed by atoms with Crippen LogP contribution in [0.3, 0.4) is 0 Å². The van der Waals surface area contributed by atoms with Gasteiger partial charge >= 0.3 is 0 Å². The first-order valence-electron chi connectivity index (χ1n) is 13.5. The number of pyridine rings is 2. The number of rotatable bonds is 8. The van der Waals surface area contributed by atoms with Crippen LogP contribution in [0.4, 0.5) is 0 Å². The summed E-state index contributed by atoms with van der Waals surface area (Å²) < 4.78 is 0. The number of nitrogens with one attached hydrogen (secondary N) is 1. The second-order valence-electron chi connectivity index (χ2n) is 10.3. The lowest BCUT2D eigenvalue weighted by Gasteiger charge is -2.35. The van der Waals surface area contributed by atoms with Crippen LogP contribution in [0.2, 0.25) is 0 Å². The van der Waals surface area contributed by atoms with Gasteiger partial charge in [-0.25, -0.2) is 0 Å². The summed E-state index contributed by atoms with van der Waals surface area (Å²) in [6, 6.07) is 15.8. The predicted molar refractivity (Wildman–Crippen MR) is 141 cm³/mol. The van der Waals surface area contributed by atoms with Gasteiger partial charge in [-0.3, -0.25) is 14.9 Å². The molecule has 1 unspecified atom stereocenters. The highest BCUT2D eigenvalue weighted by atomic mass is 15.2. The summed E-state index contributed by atoms with van der Waals surface area (Å²) in [5.41, 5.74) is 9.62. The highest BCUT2D eigenvalue weighted by Crippen LogP contribution is 2.39. The van der Waals surface area contributed by atoms with Gasteiger partial charge in [0.25, 0.3) is 0 Å². The smallest absolute Gasteiger partial charge is 0.0607 e. The number of benzene rings is 1. The quantitative estimate of drug-likeness (QED) is 0.383. The molecule has 5 heteroatoms. The number of piperazine rings is 1. The highest BCUT2D eigenvalue weighted by molar-refractivity contribution is 5.77. The van der Waals surface area contributed by atoms with E-state index in [9.17, 15) is 0 Å². The first-order chi connectivity index (χ1) is 17.4. The Morgan fingerprint density at radius 1 is 0.914 bits per heavy atom. The molecule has 1 saturated heterocycles. The first-order valence-corrected chi connectivity index (χ1v) is 13.5. The van der Waals surface area contributed by atoms with Crippen LogP contribution in [0.25, 0.3) is 11.1 Å². The maximum absolute atomic E-state index is 4.95. The van der Waals surface area contributed by atoms with Crippen molar-refractivity contribution in [1.29, 1.82) is 0 Å². The minimum absolute atomic E-state index is 0.389. The third-order valence-electron chi connectivity index (χ3n) is 8.16. The van der Waals surface area contributed by atoms with E-state index in [2.05, 4.69) is 57.6 Å². The predicted octanol–water partition coefficient (Wildman–Crippen LogP) is 4.61. The SMILES string of the molecule is c1ccc2c(c1)Cc1c-2ccnc1CN(CCCCN1CCNCC1)C1CCCc2cccnc21. The molecule has 0 bridgehead atoms. The van der Waals surface area contributed by atoms with E-state index in [0.717, 1.165) is 39.0 Å². The van der Waals surface area contributed by atoms with E-state index in [1.807, 2.05) is 12.4 Å². The fourth-order valence-corrected chi connectivity index (χ4v) is 6.31. The minimum atomic E-state index is 0.389. The van der Waals surface area contributed by atoms with Gasteiger partial charge in [0.05, 0.1) is 17.4 Å². The first kappa shape index (κ1) is 22.8. The molecule has 2 aromatic heterocycles. The molecule has 3 heterocycles. The molecule has 0 saturated carbocycles. The van der Waals surface area contributed by atoms with Crippen molar-refractivity contribution in [2.24, 2.45) is 0 Å². The van der Waals surface area contributed by atoms with Gasteiger partial charge in [0.1, 0.15) is 0 Å². The largest absolute Gasteiger partial charge is 0.314 e. The normalized spacial score (nSPS) is 19.4. The fraction of sp³-hybridized carbons (Fsp3) is 0.467. The molecule has 5 nitrogen and oxygen atoms in total. The third-order valence-corrected chi connectivity index (χ3v) is 8.16. The molecule has 1 aromatic carbocycles. The Bertz CT molecular complexity index is 1150. The molecular weight excluding hydrogens is 430 g/mol. The van der Waals surface area contributed by atoms with Crippen LogP contribution in [-0.4, -0.2) is 59.0 Å². The Morgan fingerprint density at radius 2 is 1.80 bits per heavy atom. The lowest BCUT2D eigenvalue weighted by Crippen LogP contribution is -2.43.